The SMILES string of the molecule is CCOC[Si](CCCCl)CCN(C)C. The molecule has 0 saturated heterocycles. The molecule has 4 heteroatoms. The van der Waals surface area contributed by atoms with Crippen LogP contribution in [0.1, 0.15) is 13.3 Å². The lowest BCUT2D eigenvalue weighted by Gasteiger charge is -2.17. The number of nitrogens with zero attached hydrogens (tertiary/aromatic N) is 1. The lowest BCUT2D eigenvalue weighted by molar-refractivity contribution is 0.189. The van der Waals surface area contributed by atoms with E-state index in [4.69, 9.17) is 16.3 Å². The van der Waals surface area contributed by atoms with Crippen LogP contribution in [0.2, 0.25) is 12.1 Å². The summed E-state index contributed by atoms with van der Waals surface area (Å²) in [5.41, 5.74) is 0. The third-order valence-electron chi connectivity index (χ3n) is 2.09. The van der Waals surface area contributed by atoms with Crippen LogP contribution in [-0.2, 0) is 4.74 Å². The lowest BCUT2D eigenvalue weighted by Crippen LogP contribution is -2.26. The fourth-order valence-corrected chi connectivity index (χ4v) is 4.04. The third-order valence-corrected chi connectivity index (χ3v) is 4.96. The molecule has 14 heavy (non-hydrogen) atoms. The van der Waals surface area contributed by atoms with Crippen LogP contribution in [0.3, 0.4) is 0 Å². The van der Waals surface area contributed by atoms with E-state index < -0.39 is 0 Å². The average Bonchev–Trinajstić information content (AvgIpc) is 2.16. The number of halogens is 1. The van der Waals surface area contributed by atoms with Gasteiger partial charge in [-0.1, -0.05) is 6.04 Å². The van der Waals surface area contributed by atoms with Crippen molar-refractivity contribution in [2.24, 2.45) is 0 Å². The number of alkyl halides is 1. The van der Waals surface area contributed by atoms with E-state index in [1.807, 2.05) is 0 Å². The molecule has 0 aliphatic rings. The second-order valence-corrected chi connectivity index (χ2v) is 6.90. The normalized spacial score (nSPS) is 11.6. The van der Waals surface area contributed by atoms with Crippen molar-refractivity contribution in [3.05, 3.63) is 0 Å². The molecule has 0 saturated carbocycles. The van der Waals surface area contributed by atoms with Crippen molar-refractivity contribution in [3.8, 4) is 0 Å². The molecule has 0 spiro atoms. The molecule has 0 aromatic rings. The van der Waals surface area contributed by atoms with Gasteiger partial charge in [0.15, 0.2) is 0 Å². The molecule has 0 fully saturated rings. The van der Waals surface area contributed by atoms with Crippen molar-refractivity contribution in [1.29, 1.82) is 0 Å². The summed E-state index contributed by atoms with van der Waals surface area (Å²) in [5, 5.41) is 0. The minimum atomic E-state index is -0.313. The van der Waals surface area contributed by atoms with Gasteiger partial charge in [-0.2, -0.15) is 0 Å². The highest BCUT2D eigenvalue weighted by Crippen LogP contribution is 2.06. The first kappa shape index (κ1) is 14.4. The first-order chi connectivity index (χ1) is 6.70. The van der Waals surface area contributed by atoms with Crippen LogP contribution in [0.5, 0.6) is 0 Å². The van der Waals surface area contributed by atoms with Crippen LogP contribution in [0.25, 0.3) is 0 Å². The van der Waals surface area contributed by atoms with Gasteiger partial charge in [0.25, 0.3) is 0 Å². The largest absolute Gasteiger partial charge is 0.385 e. The second kappa shape index (κ2) is 9.96. The van der Waals surface area contributed by atoms with E-state index in [9.17, 15) is 0 Å². The molecule has 85 valence electrons. The van der Waals surface area contributed by atoms with Crippen LogP contribution in [0.15, 0.2) is 0 Å². The maximum Gasteiger partial charge on any atom is 0.0819 e. The quantitative estimate of drug-likeness (QED) is 0.450. The summed E-state index contributed by atoms with van der Waals surface area (Å²) in [7, 11) is 3.94. The highest BCUT2D eigenvalue weighted by Gasteiger charge is 2.11. The third kappa shape index (κ3) is 9.00. The molecule has 0 N–H and O–H groups in total. The summed E-state index contributed by atoms with van der Waals surface area (Å²) in [6.07, 6.45) is 2.14. The summed E-state index contributed by atoms with van der Waals surface area (Å²) in [5.74, 6) is 0.794. The van der Waals surface area contributed by atoms with Crippen molar-refractivity contribution in [2.75, 3.05) is 39.4 Å². The number of hydrogen-bond acceptors (Lipinski definition) is 2. The number of ether oxygens (including phenoxy) is 1. The Labute approximate surface area is 95.2 Å². The van der Waals surface area contributed by atoms with Crippen molar-refractivity contribution in [3.63, 3.8) is 0 Å². The average molecular weight is 237 g/mol. The van der Waals surface area contributed by atoms with Crippen molar-refractivity contribution in [2.45, 2.75) is 25.4 Å². The Bertz CT molecular complexity index is 117. The summed E-state index contributed by atoms with van der Waals surface area (Å²) >= 11 is 5.71. The summed E-state index contributed by atoms with van der Waals surface area (Å²) in [6, 6.07) is 2.61. The zero-order chi connectivity index (χ0) is 10.8. The van der Waals surface area contributed by atoms with Crippen LogP contribution < -0.4 is 0 Å². The first-order valence-electron chi connectivity index (χ1n) is 5.32. The summed E-state index contributed by atoms with van der Waals surface area (Å²) < 4.78 is 5.51. The molecule has 0 aromatic carbocycles. The van der Waals surface area contributed by atoms with E-state index in [0.717, 1.165) is 25.1 Å². The Morgan fingerprint density at radius 2 is 2.00 bits per heavy atom. The lowest BCUT2D eigenvalue weighted by atomic mass is 10.6. The Balaban J connectivity index is 3.60. The van der Waals surface area contributed by atoms with Crippen LogP contribution >= 0.6 is 11.6 Å². The van der Waals surface area contributed by atoms with Crippen molar-refractivity contribution >= 4 is 20.4 Å². The first-order valence-corrected chi connectivity index (χ1v) is 7.98. The van der Waals surface area contributed by atoms with E-state index in [2.05, 4.69) is 25.9 Å². The van der Waals surface area contributed by atoms with E-state index in [1.54, 1.807) is 0 Å². The summed E-state index contributed by atoms with van der Waals surface area (Å²) in [4.78, 5) is 2.25. The molecule has 0 unspecified atom stereocenters. The fraction of sp³-hybridized carbons (Fsp3) is 1.00. The molecule has 0 atom stereocenters. The Morgan fingerprint density at radius 1 is 1.29 bits per heavy atom. The van der Waals surface area contributed by atoms with Gasteiger partial charge in [-0.15, -0.1) is 11.6 Å². The van der Waals surface area contributed by atoms with Gasteiger partial charge in [0.1, 0.15) is 0 Å². The van der Waals surface area contributed by atoms with Crippen molar-refractivity contribution < 1.29 is 4.74 Å². The topological polar surface area (TPSA) is 12.5 Å². The molecule has 0 rings (SSSR count). The van der Waals surface area contributed by atoms with Crippen LogP contribution in [0, 0.1) is 0 Å². The van der Waals surface area contributed by atoms with Gasteiger partial charge >= 0.3 is 0 Å². The minimum Gasteiger partial charge on any atom is -0.385 e. The van der Waals surface area contributed by atoms with Crippen molar-refractivity contribution in [1.82, 2.24) is 4.90 Å². The maximum atomic E-state index is 5.71. The number of hydrogen-bond donors (Lipinski definition) is 0. The fourth-order valence-electron chi connectivity index (χ4n) is 1.21. The van der Waals surface area contributed by atoms with E-state index in [-0.39, 0.29) is 8.80 Å². The highest BCUT2D eigenvalue weighted by molar-refractivity contribution is 6.58. The van der Waals surface area contributed by atoms with E-state index in [1.165, 1.54) is 18.6 Å². The van der Waals surface area contributed by atoms with E-state index in [0.29, 0.717) is 0 Å². The Hall–Kier alpha value is 0.427. The molecule has 2 nitrogen and oxygen atoms in total. The molecular formula is C10H23ClNOSi. The second-order valence-electron chi connectivity index (χ2n) is 3.73. The van der Waals surface area contributed by atoms with Gasteiger partial charge in [-0.25, -0.2) is 0 Å². The molecule has 0 aliphatic carbocycles. The molecule has 0 aliphatic heterocycles. The molecular weight excluding hydrogens is 214 g/mol. The molecule has 0 bridgehead atoms. The molecule has 1 radical (unpaired) electrons. The zero-order valence-corrected chi connectivity index (χ0v) is 11.4. The van der Waals surface area contributed by atoms with Gasteiger partial charge in [0, 0.05) is 18.7 Å². The zero-order valence-electron chi connectivity index (χ0n) is 9.68. The van der Waals surface area contributed by atoms with Gasteiger partial charge in [-0.3, -0.25) is 0 Å². The molecule has 0 heterocycles. The smallest absolute Gasteiger partial charge is 0.0819 e. The predicted molar refractivity (Wildman–Crippen MR) is 65.8 cm³/mol. The molecule has 0 amide bonds. The minimum absolute atomic E-state index is 0.313. The maximum absolute atomic E-state index is 5.71. The Morgan fingerprint density at radius 3 is 2.50 bits per heavy atom. The van der Waals surface area contributed by atoms with Gasteiger partial charge < -0.3 is 9.64 Å². The molecule has 0 aromatic heterocycles. The van der Waals surface area contributed by atoms with E-state index >= 15 is 0 Å². The van der Waals surface area contributed by atoms with Gasteiger partial charge in [0.2, 0.25) is 0 Å². The monoisotopic (exact) mass is 236 g/mol. The van der Waals surface area contributed by atoms with Gasteiger partial charge in [0.05, 0.1) is 8.80 Å². The predicted octanol–water partition coefficient (Wildman–Crippen LogP) is 2.25. The van der Waals surface area contributed by atoms with Crippen LogP contribution in [-0.4, -0.2) is 53.1 Å². The van der Waals surface area contributed by atoms with Crippen LogP contribution in [0.4, 0.5) is 0 Å². The highest BCUT2D eigenvalue weighted by atomic mass is 35.5. The summed E-state index contributed by atoms with van der Waals surface area (Å²) in [6.45, 7) is 4.09. The van der Waals surface area contributed by atoms with Gasteiger partial charge in [-0.05, 0) is 40.0 Å². The standard InChI is InChI=1S/C10H23ClNOSi/c1-4-13-10-14(8-5-6-11)9-7-12(2)3/h4-10H2,1-3H3. The number of rotatable bonds is 9. The Kier molecular flexibility index (Phi) is 10.3.